The fraction of sp³-hybridized carbons (Fsp3) is 0.214. The molecule has 5 nitrogen and oxygen atoms in total. The Morgan fingerprint density at radius 1 is 1.16 bits per heavy atom. The van der Waals surface area contributed by atoms with E-state index in [-0.39, 0.29) is 17.2 Å². The van der Waals surface area contributed by atoms with E-state index >= 15 is 0 Å². The van der Waals surface area contributed by atoms with Gasteiger partial charge in [-0.15, -0.1) is 0 Å². The van der Waals surface area contributed by atoms with Gasteiger partial charge in [-0.2, -0.15) is 32.8 Å². The average Bonchev–Trinajstić information content (AvgIpc) is 2.92. The summed E-state index contributed by atoms with van der Waals surface area (Å²) in [6.45, 7) is -1.40. The number of halogens is 6. The van der Waals surface area contributed by atoms with Crippen LogP contribution in [-0.2, 0) is 0 Å². The third-order valence-corrected chi connectivity index (χ3v) is 3.62. The summed E-state index contributed by atoms with van der Waals surface area (Å²) in [5.41, 5.74) is -0.941. The first-order valence-corrected chi connectivity index (χ1v) is 7.18. The smallest absolute Gasteiger partial charge is 0.350 e. The minimum absolute atomic E-state index is 0.102. The normalized spacial score (nSPS) is 12.0. The van der Waals surface area contributed by atoms with E-state index in [1.165, 1.54) is 0 Å². The molecule has 2 aromatic heterocycles. The Kier molecular flexibility index (Phi) is 4.23. The number of rotatable bonds is 3. The lowest BCUT2D eigenvalue weighted by atomic mass is 10.1. The lowest BCUT2D eigenvalue weighted by Crippen LogP contribution is -2.33. The molecule has 0 saturated heterocycles. The van der Waals surface area contributed by atoms with Gasteiger partial charge in [-0.25, -0.2) is 8.78 Å². The van der Waals surface area contributed by atoms with Crippen LogP contribution < -0.4 is 4.90 Å². The summed E-state index contributed by atoms with van der Waals surface area (Å²) in [5, 5.41) is 3.39. The van der Waals surface area contributed by atoms with Gasteiger partial charge in [-0.1, -0.05) is 17.7 Å². The maximum absolute atomic E-state index is 14.2. The average molecular weight is 378 g/mol. The molecule has 0 aliphatic rings. The Morgan fingerprint density at radius 3 is 2.40 bits per heavy atom. The number of benzene rings is 1. The SMILES string of the molecule is CN(CC(F)(F)F)c1c(-c2c(F)cccc2F)c(Cl)nc2ncnn12. The molecule has 11 heteroatoms. The standard InChI is InChI=1S/C14H9ClF5N5/c1-24(5-14(18,19)20)12-10(9-7(16)3-2-4-8(9)17)11(15)23-13-21-6-22-25(12)13/h2-4,6H,5H2,1H3. The molecule has 0 aliphatic heterocycles. The summed E-state index contributed by atoms with van der Waals surface area (Å²) in [6, 6.07) is 3.06. The van der Waals surface area contributed by atoms with E-state index in [0.29, 0.717) is 0 Å². The van der Waals surface area contributed by atoms with E-state index in [9.17, 15) is 22.0 Å². The van der Waals surface area contributed by atoms with Gasteiger partial charge in [-0.3, -0.25) is 0 Å². The molecule has 0 amide bonds. The predicted octanol–water partition coefficient (Wildman–Crippen LogP) is 3.72. The molecule has 0 atom stereocenters. The number of nitrogens with zero attached hydrogens (tertiary/aromatic N) is 5. The summed E-state index contributed by atoms with van der Waals surface area (Å²) in [6.07, 6.45) is -3.52. The summed E-state index contributed by atoms with van der Waals surface area (Å²) >= 11 is 6.03. The minimum atomic E-state index is -4.57. The van der Waals surface area contributed by atoms with Crippen molar-refractivity contribution in [3.8, 4) is 11.1 Å². The Labute approximate surface area is 142 Å². The maximum atomic E-state index is 14.2. The van der Waals surface area contributed by atoms with Crippen molar-refractivity contribution >= 4 is 23.2 Å². The third-order valence-electron chi connectivity index (χ3n) is 3.35. The van der Waals surface area contributed by atoms with Gasteiger partial charge >= 0.3 is 6.18 Å². The largest absolute Gasteiger partial charge is 0.405 e. The van der Waals surface area contributed by atoms with Crippen LogP contribution >= 0.6 is 11.6 Å². The quantitative estimate of drug-likeness (QED) is 0.515. The molecule has 3 rings (SSSR count). The van der Waals surface area contributed by atoms with Crippen LogP contribution in [0.25, 0.3) is 16.9 Å². The molecule has 132 valence electrons. The Morgan fingerprint density at radius 2 is 1.80 bits per heavy atom. The Balaban J connectivity index is 2.35. The Bertz CT molecular complexity index is 919. The zero-order valence-electron chi connectivity index (χ0n) is 12.5. The lowest BCUT2D eigenvalue weighted by molar-refractivity contribution is -0.119. The second kappa shape index (κ2) is 6.10. The van der Waals surface area contributed by atoms with Crippen LogP contribution in [0.1, 0.15) is 0 Å². The summed E-state index contributed by atoms with van der Waals surface area (Å²) in [4.78, 5) is 8.34. The molecule has 0 fully saturated rings. The molecule has 3 aromatic rings. The summed E-state index contributed by atoms with van der Waals surface area (Å²) in [7, 11) is 1.10. The van der Waals surface area contributed by atoms with Crippen LogP contribution in [-0.4, -0.2) is 39.4 Å². The van der Waals surface area contributed by atoms with E-state index < -0.39 is 35.1 Å². The molecule has 1 aromatic carbocycles. The van der Waals surface area contributed by atoms with Gasteiger partial charge in [0.05, 0.1) is 11.1 Å². The van der Waals surface area contributed by atoms with E-state index in [4.69, 9.17) is 11.6 Å². The zero-order chi connectivity index (χ0) is 18.4. The van der Waals surface area contributed by atoms with E-state index in [1.807, 2.05) is 0 Å². The number of hydrogen-bond donors (Lipinski definition) is 0. The molecular weight excluding hydrogens is 369 g/mol. The molecule has 0 unspecified atom stereocenters. The van der Waals surface area contributed by atoms with Gasteiger partial charge in [0.15, 0.2) is 0 Å². The molecule has 0 aliphatic carbocycles. The van der Waals surface area contributed by atoms with Gasteiger partial charge in [-0.05, 0) is 12.1 Å². The van der Waals surface area contributed by atoms with Crippen molar-refractivity contribution in [3.63, 3.8) is 0 Å². The number of hydrogen-bond acceptors (Lipinski definition) is 4. The maximum Gasteiger partial charge on any atom is 0.405 e. The zero-order valence-corrected chi connectivity index (χ0v) is 13.3. The molecule has 2 heterocycles. The van der Waals surface area contributed by atoms with Crippen molar-refractivity contribution in [2.45, 2.75) is 6.18 Å². The summed E-state index contributed by atoms with van der Waals surface area (Å²) < 4.78 is 67.8. The first-order valence-electron chi connectivity index (χ1n) is 6.80. The first-order chi connectivity index (χ1) is 11.7. The van der Waals surface area contributed by atoms with E-state index in [0.717, 1.165) is 41.0 Å². The van der Waals surface area contributed by atoms with Crippen molar-refractivity contribution in [2.24, 2.45) is 0 Å². The monoisotopic (exact) mass is 377 g/mol. The second-order valence-corrected chi connectivity index (χ2v) is 5.50. The second-order valence-electron chi connectivity index (χ2n) is 5.14. The minimum Gasteiger partial charge on any atom is -0.350 e. The van der Waals surface area contributed by atoms with Gasteiger partial charge in [0, 0.05) is 7.05 Å². The third kappa shape index (κ3) is 3.21. The van der Waals surface area contributed by atoms with Crippen molar-refractivity contribution in [1.82, 2.24) is 19.6 Å². The van der Waals surface area contributed by atoms with E-state index in [1.54, 1.807) is 0 Å². The van der Waals surface area contributed by atoms with Crippen LogP contribution in [0.15, 0.2) is 24.5 Å². The van der Waals surface area contributed by atoms with Crippen LogP contribution in [0.3, 0.4) is 0 Å². The van der Waals surface area contributed by atoms with Crippen molar-refractivity contribution < 1.29 is 22.0 Å². The van der Waals surface area contributed by atoms with E-state index in [2.05, 4.69) is 15.1 Å². The first kappa shape index (κ1) is 17.3. The number of fused-ring (bicyclic) bond motifs is 1. The fourth-order valence-electron chi connectivity index (χ4n) is 2.45. The molecule has 0 spiro atoms. The van der Waals surface area contributed by atoms with Crippen LogP contribution in [0.4, 0.5) is 27.8 Å². The molecule has 0 N–H and O–H groups in total. The fourth-order valence-corrected chi connectivity index (χ4v) is 2.71. The number of alkyl halides is 3. The Hall–Kier alpha value is -2.49. The van der Waals surface area contributed by atoms with Crippen molar-refractivity contribution in [3.05, 3.63) is 41.3 Å². The van der Waals surface area contributed by atoms with Crippen LogP contribution in [0.2, 0.25) is 5.15 Å². The van der Waals surface area contributed by atoms with Gasteiger partial charge in [0.25, 0.3) is 5.78 Å². The number of aromatic nitrogens is 4. The van der Waals surface area contributed by atoms with Crippen LogP contribution in [0, 0.1) is 11.6 Å². The number of anilines is 1. The highest BCUT2D eigenvalue weighted by Gasteiger charge is 2.33. The topological polar surface area (TPSA) is 46.3 Å². The summed E-state index contributed by atoms with van der Waals surface area (Å²) in [5.74, 6) is -2.38. The highest BCUT2D eigenvalue weighted by Crippen LogP contribution is 2.39. The van der Waals surface area contributed by atoms with Crippen LogP contribution in [0.5, 0.6) is 0 Å². The molecule has 0 saturated carbocycles. The van der Waals surface area contributed by atoms with Crippen molar-refractivity contribution in [1.29, 1.82) is 0 Å². The molecule has 25 heavy (non-hydrogen) atoms. The predicted molar refractivity (Wildman–Crippen MR) is 80.5 cm³/mol. The van der Waals surface area contributed by atoms with Gasteiger partial charge in [0.1, 0.15) is 35.5 Å². The molecule has 0 radical (unpaired) electrons. The highest BCUT2D eigenvalue weighted by molar-refractivity contribution is 6.33. The van der Waals surface area contributed by atoms with Crippen molar-refractivity contribution in [2.75, 3.05) is 18.5 Å². The molecule has 0 bridgehead atoms. The van der Waals surface area contributed by atoms with Gasteiger partial charge < -0.3 is 4.90 Å². The molecular formula is C14H9ClF5N5. The van der Waals surface area contributed by atoms with Gasteiger partial charge in [0.2, 0.25) is 0 Å². The highest BCUT2D eigenvalue weighted by atomic mass is 35.5. The lowest BCUT2D eigenvalue weighted by Gasteiger charge is -2.24.